The van der Waals surface area contributed by atoms with Crippen molar-refractivity contribution >= 4 is 11.8 Å². The molecule has 0 N–H and O–H groups in total. The van der Waals surface area contributed by atoms with E-state index in [2.05, 4.69) is 4.74 Å². The zero-order valence-corrected chi connectivity index (χ0v) is 8.50. The van der Waals surface area contributed by atoms with E-state index >= 15 is 0 Å². The van der Waals surface area contributed by atoms with Crippen LogP contribution >= 0.6 is 11.8 Å². The molecule has 14 heavy (non-hydrogen) atoms. The molecule has 1 nitrogen and oxygen atoms in total. The van der Waals surface area contributed by atoms with Crippen molar-refractivity contribution in [1.82, 2.24) is 0 Å². The number of halogens is 3. The fourth-order valence-corrected chi connectivity index (χ4v) is 1.49. The van der Waals surface area contributed by atoms with E-state index in [1.165, 1.54) is 17.8 Å². The van der Waals surface area contributed by atoms with Gasteiger partial charge in [0.05, 0.1) is 0 Å². The second kappa shape index (κ2) is 4.13. The Hall–Kier alpha value is -0.840. The monoisotopic (exact) mass is 222 g/mol. The SMILES string of the molecule is CSc1ccc(C)cc1OC(F)(F)F. The summed E-state index contributed by atoms with van der Waals surface area (Å²) in [6.07, 6.45) is -2.92. The van der Waals surface area contributed by atoms with Gasteiger partial charge >= 0.3 is 6.36 Å². The van der Waals surface area contributed by atoms with Crippen LogP contribution in [0.1, 0.15) is 5.56 Å². The third kappa shape index (κ3) is 3.14. The largest absolute Gasteiger partial charge is 0.573 e. The van der Waals surface area contributed by atoms with Gasteiger partial charge in [-0.2, -0.15) is 0 Å². The summed E-state index contributed by atoms with van der Waals surface area (Å²) in [5.41, 5.74) is 0.738. The molecule has 78 valence electrons. The van der Waals surface area contributed by atoms with E-state index in [4.69, 9.17) is 0 Å². The summed E-state index contributed by atoms with van der Waals surface area (Å²) >= 11 is 1.22. The molecule has 1 aromatic carbocycles. The van der Waals surface area contributed by atoms with Crippen LogP contribution in [0.25, 0.3) is 0 Å². The maximum Gasteiger partial charge on any atom is 0.573 e. The number of alkyl halides is 3. The van der Waals surface area contributed by atoms with Gasteiger partial charge in [0.2, 0.25) is 0 Å². The Morgan fingerprint density at radius 2 is 1.93 bits per heavy atom. The van der Waals surface area contributed by atoms with E-state index in [0.717, 1.165) is 5.56 Å². The van der Waals surface area contributed by atoms with Gasteiger partial charge in [0.25, 0.3) is 0 Å². The highest BCUT2D eigenvalue weighted by Crippen LogP contribution is 2.32. The molecule has 0 aromatic heterocycles. The number of rotatable bonds is 2. The fraction of sp³-hybridized carbons (Fsp3) is 0.333. The summed E-state index contributed by atoms with van der Waals surface area (Å²) in [6, 6.07) is 4.73. The Kier molecular flexibility index (Phi) is 3.31. The average Bonchev–Trinajstić information content (AvgIpc) is 2.01. The summed E-state index contributed by atoms with van der Waals surface area (Å²) < 4.78 is 39.8. The molecule has 0 saturated carbocycles. The maximum absolute atomic E-state index is 12.0. The summed E-state index contributed by atoms with van der Waals surface area (Å²) in [7, 11) is 0. The Bertz CT molecular complexity index is 322. The van der Waals surface area contributed by atoms with Crippen LogP contribution in [0.2, 0.25) is 0 Å². The molecule has 5 heteroatoms. The Morgan fingerprint density at radius 1 is 1.29 bits per heavy atom. The molecule has 0 spiro atoms. The van der Waals surface area contributed by atoms with Crippen molar-refractivity contribution in [1.29, 1.82) is 0 Å². The standard InChI is InChI=1S/C9H9F3OS/c1-6-3-4-8(14-2)7(5-6)13-9(10,11)12/h3-5H,1-2H3. The molecule has 0 heterocycles. The minimum Gasteiger partial charge on any atom is -0.405 e. The highest BCUT2D eigenvalue weighted by atomic mass is 32.2. The van der Waals surface area contributed by atoms with Crippen LogP contribution in [0, 0.1) is 6.92 Å². The predicted octanol–water partition coefficient (Wildman–Crippen LogP) is 3.62. The third-order valence-corrected chi connectivity index (χ3v) is 2.32. The summed E-state index contributed by atoms with van der Waals surface area (Å²) in [6.45, 7) is 1.72. The lowest BCUT2D eigenvalue weighted by Crippen LogP contribution is -2.17. The van der Waals surface area contributed by atoms with Crippen molar-refractivity contribution in [3.8, 4) is 5.75 Å². The van der Waals surface area contributed by atoms with E-state index < -0.39 is 6.36 Å². The van der Waals surface area contributed by atoms with E-state index in [-0.39, 0.29) is 5.75 Å². The van der Waals surface area contributed by atoms with Crippen molar-refractivity contribution < 1.29 is 17.9 Å². The van der Waals surface area contributed by atoms with E-state index in [9.17, 15) is 13.2 Å². The smallest absolute Gasteiger partial charge is 0.405 e. The molecule has 0 bridgehead atoms. The fourth-order valence-electron chi connectivity index (χ4n) is 0.988. The molecule has 0 atom stereocenters. The zero-order chi connectivity index (χ0) is 10.8. The van der Waals surface area contributed by atoms with E-state index in [1.54, 1.807) is 25.3 Å². The molecular formula is C9H9F3OS. The minimum absolute atomic E-state index is 0.134. The topological polar surface area (TPSA) is 9.23 Å². The van der Waals surface area contributed by atoms with Crippen LogP contribution in [0.4, 0.5) is 13.2 Å². The van der Waals surface area contributed by atoms with Gasteiger partial charge in [-0.15, -0.1) is 24.9 Å². The molecule has 0 aliphatic rings. The molecule has 0 radical (unpaired) electrons. The number of thioether (sulfide) groups is 1. The van der Waals surface area contributed by atoms with Crippen LogP contribution in [-0.2, 0) is 0 Å². The molecule has 1 rings (SSSR count). The van der Waals surface area contributed by atoms with Gasteiger partial charge in [-0.3, -0.25) is 0 Å². The van der Waals surface area contributed by atoms with Crippen LogP contribution in [0.15, 0.2) is 23.1 Å². The van der Waals surface area contributed by atoms with Gasteiger partial charge in [0.15, 0.2) is 0 Å². The second-order valence-corrected chi connectivity index (χ2v) is 3.55. The molecule has 0 aliphatic heterocycles. The van der Waals surface area contributed by atoms with Gasteiger partial charge in [-0.1, -0.05) is 6.07 Å². The molecule has 1 aromatic rings. The van der Waals surface area contributed by atoms with Crippen molar-refractivity contribution in [3.05, 3.63) is 23.8 Å². The Labute approximate surface area is 84.3 Å². The van der Waals surface area contributed by atoms with Crippen LogP contribution in [0.5, 0.6) is 5.75 Å². The maximum atomic E-state index is 12.0. The van der Waals surface area contributed by atoms with Crippen molar-refractivity contribution in [3.63, 3.8) is 0 Å². The van der Waals surface area contributed by atoms with E-state index in [0.29, 0.717) is 4.90 Å². The molecule has 0 aliphatic carbocycles. The number of ether oxygens (including phenoxy) is 1. The summed E-state index contributed by atoms with van der Waals surface area (Å²) in [5.74, 6) is -0.134. The number of benzene rings is 1. The van der Waals surface area contributed by atoms with Crippen molar-refractivity contribution in [2.24, 2.45) is 0 Å². The van der Waals surface area contributed by atoms with Gasteiger partial charge in [-0.05, 0) is 30.9 Å². The lowest BCUT2D eigenvalue weighted by Gasteiger charge is -2.12. The number of aryl methyl sites for hydroxylation is 1. The molecule has 0 saturated heterocycles. The zero-order valence-electron chi connectivity index (χ0n) is 7.68. The predicted molar refractivity (Wildman–Crippen MR) is 49.6 cm³/mol. The molecule has 0 fully saturated rings. The molecular weight excluding hydrogens is 213 g/mol. The van der Waals surface area contributed by atoms with Gasteiger partial charge in [0, 0.05) is 4.90 Å². The second-order valence-electron chi connectivity index (χ2n) is 2.70. The number of hydrogen-bond donors (Lipinski definition) is 0. The first-order valence-electron chi connectivity index (χ1n) is 3.83. The molecule has 0 unspecified atom stereocenters. The van der Waals surface area contributed by atoms with Crippen molar-refractivity contribution in [2.75, 3.05) is 6.26 Å². The Balaban J connectivity index is 2.99. The average molecular weight is 222 g/mol. The lowest BCUT2D eigenvalue weighted by molar-refractivity contribution is -0.275. The highest BCUT2D eigenvalue weighted by molar-refractivity contribution is 7.98. The van der Waals surface area contributed by atoms with Gasteiger partial charge in [0.1, 0.15) is 5.75 Å². The first kappa shape index (κ1) is 11.2. The summed E-state index contributed by atoms with van der Waals surface area (Å²) in [4.78, 5) is 0.480. The van der Waals surface area contributed by atoms with Crippen LogP contribution in [0.3, 0.4) is 0 Å². The minimum atomic E-state index is -4.63. The van der Waals surface area contributed by atoms with Crippen LogP contribution in [-0.4, -0.2) is 12.6 Å². The van der Waals surface area contributed by atoms with Crippen LogP contribution < -0.4 is 4.74 Å². The van der Waals surface area contributed by atoms with Gasteiger partial charge < -0.3 is 4.74 Å². The third-order valence-electron chi connectivity index (χ3n) is 1.54. The van der Waals surface area contributed by atoms with Crippen molar-refractivity contribution in [2.45, 2.75) is 18.2 Å². The quantitative estimate of drug-likeness (QED) is 0.707. The lowest BCUT2D eigenvalue weighted by atomic mass is 10.2. The van der Waals surface area contributed by atoms with E-state index in [1.807, 2.05) is 0 Å². The normalized spacial score (nSPS) is 11.5. The number of hydrogen-bond acceptors (Lipinski definition) is 2. The molecule has 0 amide bonds. The Morgan fingerprint density at radius 3 is 2.43 bits per heavy atom. The van der Waals surface area contributed by atoms with Gasteiger partial charge in [-0.25, -0.2) is 0 Å². The highest BCUT2D eigenvalue weighted by Gasteiger charge is 2.32. The first-order valence-corrected chi connectivity index (χ1v) is 5.05. The first-order chi connectivity index (χ1) is 6.42. The summed E-state index contributed by atoms with van der Waals surface area (Å²) in [5, 5.41) is 0.